The van der Waals surface area contributed by atoms with Gasteiger partial charge in [0.1, 0.15) is 12.7 Å². The maximum atomic E-state index is 4.46. The summed E-state index contributed by atoms with van der Waals surface area (Å²) in [5.74, 6) is 0. The summed E-state index contributed by atoms with van der Waals surface area (Å²) >= 11 is 0. The van der Waals surface area contributed by atoms with E-state index in [9.17, 15) is 0 Å². The van der Waals surface area contributed by atoms with Gasteiger partial charge in [-0.05, 0) is 41.5 Å². The average Bonchev–Trinajstić information content (AvgIpc) is 2.70. The maximum absolute atomic E-state index is 4.46. The summed E-state index contributed by atoms with van der Waals surface area (Å²) < 4.78 is 0. The highest BCUT2D eigenvalue weighted by molar-refractivity contribution is 5.79. The lowest BCUT2D eigenvalue weighted by Crippen LogP contribution is -1.89. The summed E-state index contributed by atoms with van der Waals surface area (Å²) in [7, 11) is 0. The summed E-state index contributed by atoms with van der Waals surface area (Å²) in [5.41, 5.74) is 5.89. The van der Waals surface area contributed by atoms with Crippen molar-refractivity contribution in [1.82, 2.24) is 24.9 Å². The summed E-state index contributed by atoms with van der Waals surface area (Å²) in [6.45, 7) is 0. The number of hydrogen-bond acceptors (Lipinski definition) is 5. The molecule has 3 heterocycles. The van der Waals surface area contributed by atoms with Gasteiger partial charge in [-0.15, -0.1) is 0 Å². The Labute approximate surface area is 139 Å². The molecule has 4 rings (SSSR count). The van der Waals surface area contributed by atoms with Crippen LogP contribution in [0.15, 0.2) is 80.0 Å². The minimum Gasteiger partial charge on any atom is -0.256 e. The fraction of sp³-hybridized carbons (Fsp3) is 0. The van der Waals surface area contributed by atoms with E-state index >= 15 is 0 Å². The largest absolute Gasteiger partial charge is 0.256 e. The van der Waals surface area contributed by atoms with Crippen LogP contribution >= 0.6 is 0 Å². The molecule has 0 saturated heterocycles. The Morgan fingerprint density at radius 1 is 0.542 bits per heavy atom. The van der Waals surface area contributed by atoms with E-state index in [0.29, 0.717) is 0 Å². The number of pyridine rings is 1. The van der Waals surface area contributed by atoms with Crippen LogP contribution in [0.2, 0.25) is 0 Å². The van der Waals surface area contributed by atoms with Crippen LogP contribution in [0.4, 0.5) is 0 Å². The van der Waals surface area contributed by atoms with E-state index in [2.05, 4.69) is 43.1 Å². The minimum absolute atomic E-state index is 0.911. The lowest BCUT2D eigenvalue weighted by molar-refractivity contribution is 1.17. The second kappa shape index (κ2) is 6.34. The van der Waals surface area contributed by atoms with Gasteiger partial charge in [0.2, 0.25) is 0 Å². The van der Waals surface area contributed by atoms with Gasteiger partial charge >= 0.3 is 0 Å². The molecule has 1 aromatic carbocycles. The van der Waals surface area contributed by atoms with E-state index in [0.717, 1.165) is 33.5 Å². The molecule has 0 spiro atoms. The molecule has 0 aliphatic carbocycles. The second-order valence-corrected chi connectivity index (χ2v) is 5.27. The molecule has 0 bridgehead atoms. The van der Waals surface area contributed by atoms with E-state index < -0.39 is 0 Å². The Bertz CT molecular complexity index is 801. The first kappa shape index (κ1) is 14.1. The van der Waals surface area contributed by atoms with Crippen molar-refractivity contribution in [2.24, 2.45) is 0 Å². The zero-order chi connectivity index (χ0) is 16.2. The molecule has 0 unspecified atom stereocenters. The van der Waals surface area contributed by atoms with Crippen LogP contribution in [-0.2, 0) is 0 Å². The summed E-state index contributed by atoms with van der Waals surface area (Å²) in [5, 5.41) is 0. The second-order valence-electron chi connectivity index (χ2n) is 5.27. The van der Waals surface area contributed by atoms with Gasteiger partial charge in [0.15, 0.2) is 0 Å². The van der Waals surface area contributed by atoms with Crippen LogP contribution in [0.25, 0.3) is 33.5 Å². The summed E-state index contributed by atoms with van der Waals surface area (Å²) in [4.78, 5) is 20.9. The monoisotopic (exact) mass is 311 g/mol. The van der Waals surface area contributed by atoms with E-state index in [4.69, 9.17) is 0 Å². The highest BCUT2D eigenvalue weighted by atomic mass is 14.8. The van der Waals surface area contributed by atoms with Gasteiger partial charge in [-0.1, -0.05) is 6.07 Å². The number of nitrogens with zero attached hydrogens (tertiary/aromatic N) is 5. The van der Waals surface area contributed by atoms with Gasteiger partial charge in [-0.25, -0.2) is 19.9 Å². The molecule has 24 heavy (non-hydrogen) atoms. The van der Waals surface area contributed by atoms with Crippen LogP contribution in [0, 0.1) is 0 Å². The smallest absolute Gasteiger partial charge is 0.115 e. The molecule has 5 nitrogen and oxygen atoms in total. The van der Waals surface area contributed by atoms with Crippen LogP contribution in [0.5, 0.6) is 0 Å². The molecule has 0 aliphatic rings. The van der Waals surface area contributed by atoms with Crippen molar-refractivity contribution in [2.75, 3.05) is 0 Å². The third-order valence-electron chi connectivity index (χ3n) is 3.68. The van der Waals surface area contributed by atoms with Crippen molar-refractivity contribution in [3.05, 3.63) is 80.0 Å². The molecule has 5 heteroatoms. The summed E-state index contributed by atoms with van der Waals surface area (Å²) in [6.07, 6.45) is 12.0. The first-order valence-corrected chi connectivity index (χ1v) is 7.47. The standard InChI is InChI=1S/C19H13N5/c1-2-4-24-19(3-1)16-6-14(17-8-20-12-21-9-17)5-15(7-16)18-10-22-13-23-11-18/h1-13H. The highest BCUT2D eigenvalue weighted by Crippen LogP contribution is 2.31. The maximum Gasteiger partial charge on any atom is 0.115 e. The van der Waals surface area contributed by atoms with Crippen LogP contribution in [0.1, 0.15) is 0 Å². The number of aromatic nitrogens is 5. The first-order valence-electron chi connectivity index (χ1n) is 7.47. The molecule has 4 aromatic rings. The molecule has 0 N–H and O–H groups in total. The highest BCUT2D eigenvalue weighted by Gasteiger charge is 2.08. The van der Waals surface area contributed by atoms with Gasteiger partial charge < -0.3 is 0 Å². The van der Waals surface area contributed by atoms with Crippen molar-refractivity contribution in [3.8, 4) is 33.5 Å². The SMILES string of the molecule is c1ccc(-c2cc(-c3cncnc3)cc(-c3cncnc3)c2)nc1. The van der Waals surface area contributed by atoms with Gasteiger partial charge in [0, 0.05) is 47.7 Å². The quantitative estimate of drug-likeness (QED) is 0.577. The molecule has 0 amide bonds. The van der Waals surface area contributed by atoms with Crippen molar-refractivity contribution >= 4 is 0 Å². The van der Waals surface area contributed by atoms with E-state index in [1.165, 1.54) is 12.7 Å². The van der Waals surface area contributed by atoms with Crippen LogP contribution < -0.4 is 0 Å². The summed E-state index contributed by atoms with van der Waals surface area (Å²) in [6, 6.07) is 12.1. The molecule has 0 saturated carbocycles. The van der Waals surface area contributed by atoms with Crippen molar-refractivity contribution in [2.45, 2.75) is 0 Å². The van der Waals surface area contributed by atoms with E-state index in [-0.39, 0.29) is 0 Å². The van der Waals surface area contributed by atoms with E-state index in [1.807, 2.05) is 18.2 Å². The Kier molecular flexibility index (Phi) is 3.73. The lowest BCUT2D eigenvalue weighted by atomic mass is 9.97. The normalized spacial score (nSPS) is 10.5. The van der Waals surface area contributed by atoms with Crippen LogP contribution in [0.3, 0.4) is 0 Å². The molecule has 3 aromatic heterocycles. The molecule has 0 atom stereocenters. The Balaban J connectivity index is 1.92. The predicted molar refractivity (Wildman–Crippen MR) is 91.7 cm³/mol. The Hall–Kier alpha value is -3.47. The number of rotatable bonds is 3. The molecular weight excluding hydrogens is 298 g/mol. The molecule has 0 radical (unpaired) electrons. The van der Waals surface area contributed by atoms with Gasteiger partial charge in [0.25, 0.3) is 0 Å². The third-order valence-corrected chi connectivity index (χ3v) is 3.68. The van der Waals surface area contributed by atoms with Crippen molar-refractivity contribution < 1.29 is 0 Å². The fourth-order valence-electron chi connectivity index (χ4n) is 2.54. The molecule has 0 fully saturated rings. The van der Waals surface area contributed by atoms with Crippen LogP contribution in [-0.4, -0.2) is 24.9 Å². The zero-order valence-electron chi connectivity index (χ0n) is 12.7. The number of hydrogen-bond donors (Lipinski definition) is 0. The lowest BCUT2D eigenvalue weighted by Gasteiger charge is -2.09. The van der Waals surface area contributed by atoms with E-state index in [1.54, 1.807) is 31.0 Å². The topological polar surface area (TPSA) is 64.5 Å². The van der Waals surface area contributed by atoms with Gasteiger partial charge in [-0.2, -0.15) is 0 Å². The molecule has 0 aliphatic heterocycles. The van der Waals surface area contributed by atoms with Crippen molar-refractivity contribution in [1.29, 1.82) is 0 Å². The van der Waals surface area contributed by atoms with Crippen molar-refractivity contribution in [3.63, 3.8) is 0 Å². The van der Waals surface area contributed by atoms with Gasteiger partial charge in [-0.3, -0.25) is 4.98 Å². The zero-order valence-corrected chi connectivity index (χ0v) is 12.7. The third kappa shape index (κ3) is 2.87. The first-order chi connectivity index (χ1) is 11.9. The minimum atomic E-state index is 0.911. The van der Waals surface area contributed by atoms with Gasteiger partial charge in [0.05, 0.1) is 5.69 Å². The number of benzene rings is 1. The fourth-order valence-corrected chi connectivity index (χ4v) is 2.54. The molecule has 114 valence electrons. The predicted octanol–water partition coefficient (Wildman–Crippen LogP) is 3.66. The Morgan fingerprint density at radius 3 is 1.58 bits per heavy atom. The Morgan fingerprint density at radius 2 is 1.08 bits per heavy atom. The average molecular weight is 311 g/mol. The molecular formula is C19H13N5.